The van der Waals surface area contributed by atoms with Gasteiger partial charge in [0, 0.05) is 16.3 Å². The van der Waals surface area contributed by atoms with E-state index >= 15 is 0 Å². The zero-order chi connectivity index (χ0) is 22.5. The van der Waals surface area contributed by atoms with Crippen molar-refractivity contribution in [3.8, 4) is 39.5 Å². The molecule has 0 aromatic heterocycles. The highest BCUT2D eigenvalue weighted by Gasteiger charge is 2.18. The van der Waals surface area contributed by atoms with Gasteiger partial charge in [-0.25, -0.2) is 0 Å². The van der Waals surface area contributed by atoms with Gasteiger partial charge in [0.15, 0.2) is 0 Å². The highest BCUT2D eigenvalue weighted by atomic mass is 16.3. The van der Waals surface area contributed by atoms with E-state index in [9.17, 15) is 15.3 Å². The van der Waals surface area contributed by atoms with Gasteiger partial charge in [-0.15, -0.1) is 0 Å². The number of hydrogen-bond donors (Lipinski definition) is 3. The maximum absolute atomic E-state index is 11.0. The van der Waals surface area contributed by atoms with Crippen molar-refractivity contribution in [2.24, 2.45) is 0 Å². The topological polar surface area (TPSA) is 60.7 Å². The van der Waals surface area contributed by atoms with Crippen LogP contribution in [0.1, 0.15) is 0 Å². The van der Waals surface area contributed by atoms with Crippen LogP contribution in [0.3, 0.4) is 0 Å². The number of benzene rings is 6. The van der Waals surface area contributed by atoms with Gasteiger partial charge in [-0.05, 0) is 56.4 Å². The van der Waals surface area contributed by atoms with Crippen molar-refractivity contribution in [2.75, 3.05) is 0 Å². The van der Waals surface area contributed by atoms with Crippen molar-refractivity contribution in [3.05, 3.63) is 103 Å². The third-order valence-electron chi connectivity index (χ3n) is 6.39. The molecule has 0 radical (unpaired) electrons. The van der Waals surface area contributed by atoms with Gasteiger partial charge in [0.25, 0.3) is 0 Å². The van der Waals surface area contributed by atoms with Crippen LogP contribution < -0.4 is 0 Å². The maximum Gasteiger partial charge on any atom is 0.124 e. The lowest BCUT2D eigenvalue weighted by Crippen LogP contribution is -1.90. The number of hydrogen-bond acceptors (Lipinski definition) is 3. The molecule has 0 fully saturated rings. The van der Waals surface area contributed by atoms with Gasteiger partial charge < -0.3 is 15.3 Å². The van der Waals surface area contributed by atoms with Crippen LogP contribution in [-0.4, -0.2) is 15.3 Å². The van der Waals surface area contributed by atoms with E-state index < -0.39 is 0 Å². The van der Waals surface area contributed by atoms with Crippen LogP contribution in [0.5, 0.6) is 17.2 Å². The van der Waals surface area contributed by atoms with E-state index in [1.54, 1.807) is 18.2 Å². The molecule has 0 amide bonds. The first-order chi connectivity index (χ1) is 16.1. The monoisotopic (exact) mass is 428 g/mol. The van der Waals surface area contributed by atoms with Crippen molar-refractivity contribution in [1.29, 1.82) is 0 Å². The van der Waals surface area contributed by atoms with Gasteiger partial charge in [-0.1, -0.05) is 84.9 Å². The summed E-state index contributed by atoms with van der Waals surface area (Å²) in [6.45, 7) is 0. The van der Waals surface area contributed by atoms with E-state index in [0.29, 0.717) is 10.9 Å². The van der Waals surface area contributed by atoms with E-state index in [1.807, 2.05) is 84.9 Å². The summed E-state index contributed by atoms with van der Waals surface area (Å²) in [5.41, 5.74) is 3.37. The fourth-order valence-corrected chi connectivity index (χ4v) is 4.89. The minimum absolute atomic E-state index is 0.153. The maximum atomic E-state index is 11.0. The molecular weight excluding hydrogens is 408 g/mol. The molecule has 6 aromatic rings. The molecular formula is C30H20O3. The van der Waals surface area contributed by atoms with Crippen LogP contribution in [0.15, 0.2) is 103 Å². The molecule has 0 unspecified atom stereocenters. The Balaban J connectivity index is 1.73. The predicted octanol–water partition coefficient (Wildman–Crippen LogP) is 7.60. The molecule has 0 saturated carbocycles. The summed E-state index contributed by atoms with van der Waals surface area (Å²) in [6, 6.07) is 32.3. The molecule has 3 nitrogen and oxygen atoms in total. The average Bonchev–Trinajstić information content (AvgIpc) is 2.84. The molecule has 0 aliphatic carbocycles. The fourth-order valence-electron chi connectivity index (χ4n) is 4.89. The van der Waals surface area contributed by atoms with Crippen LogP contribution in [-0.2, 0) is 0 Å². The van der Waals surface area contributed by atoms with Crippen LogP contribution in [0.2, 0.25) is 0 Å². The summed E-state index contributed by atoms with van der Waals surface area (Å²) >= 11 is 0. The highest BCUT2D eigenvalue weighted by molar-refractivity contribution is 6.15. The normalized spacial score (nSPS) is 11.4. The van der Waals surface area contributed by atoms with Crippen molar-refractivity contribution >= 4 is 32.3 Å². The van der Waals surface area contributed by atoms with Gasteiger partial charge in [-0.2, -0.15) is 0 Å². The molecule has 6 aromatic carbocycles. The lowest BCUT2D eigenvalue weighted by Gasteiger charge is -2.17. The average molecular weight is 428 g/mol. The van der Waals surface area contributed by atoms with E-state index in [0.717, 1.165) is 43.6 Å². The fraction of sp³-hybridized carbons (Fsp3) is 0. The minimum Gasteiger partial charge on any atom is -0.507 e. The Bertz CT molecular complexity index is 1700. The Morgan fingerprint density at radius 3 is 1.82 bits per heavy atom. The summed E-state index contributed by atoms with van der Waals surface area (Å²) in [7, 11) is 0. The number of phenols is 3. The summed E-state index contributed by atoms with van der Waals surface area (Å²) in [5, 5.41) is 37.4. The summed E-state index contributed by atoms with van der Waals surface area (Å²) < 4.78 is 0. The molecule has 0 bridgehead atoms. The highest BCUT2D eigenvalue weighted by Crippen LogP contribution is 2.46. The number of phenolic OH excluding ortho intramolecular Hbond substituents is 3. The molecule has 158 valence electrons. The third kappa shape index (κ3) is 2.90. The largest absolute Gasteiger partial charge is 0.507 e. The zero-order valence-corrected chi connectivity index (χ0v) is 17.7. The van der Waals surface area contributed by atoms with E-state index in [2.05, 4.69) is 0 Å². The third-order valence-corrected chi connectivity index (χ3v) is 6.39. The number of aromatic hydroxyl groups is 3. The van der Waals surface area contributed by atoms with E-state index in [1.165, 1.54) is 0 Å². The molecule has 0 aliphatic heterocycles. The van der Waals surface area contributed by atoms with Crippen molar-refractivity contribution in [1.82, 2.24) is 0 Å². The summed E-state index contributed by atoms with van der Waals surface area (Å²) in [5.74, 6) is 0.555. The Morgan fingerprint density at radius 2 is 0.970 bits per heavy atom. The second-order valence-corrected chi connectivity index (χ2v) is 8.22. The van der Waals surface area contributed by atoms with Crippen molar-refractivity contribution in [3.63, 3.8) is 0 Å². The quantitative estimate of drug-likeness (QED) is 0.266. The van der Waals surface area contributed by atoms with Gasteiger partial charge in [0.05, 0.1) is 0 Å². The van der Waals surface area contributed by atoms with Crippen molar-refractivity contribution in [2.45, 2.75) is 0 Å². The van der Waals surface area contributed by atoms with Crippen LogP contribution >= 0.6 is 0 Å². The van der Waals surface area contributed by atoms with Crippen LogP contribution in [0.4, 0.5) is 0 Å². The Hall–Kier alpha value is -4.50. The van der Waals surface area contributed by atoms with E-state index in [4.69, 9.17) is 0 Å². The van der Waals surface area contributed by atoms with Crippen molar-refractivity contribution < 1.29 is 15.3 Å². The van der Waals surface area contributed by atoms with E-state index in [-0.39, 0.29) is 17.2 Å². The molecule has 0 atom stereocenters. The van der Waals surface area contributed by atoms with Gasteiger partial charge in [-0.3, -0.25) is 0 Å². The molecule has 0 spiro atoms. The molecule has 0 saturated heterocycles. The SMILES string of the molecule is Oc1ccc2ccccc2c1-c1ccc(-c2ccc(O)c3ccccc23)c2cccc(O)c12. The lowest BCUT2D eigenvalue weighted by molar-refractivity contribution is 0.477. The van der Waals surface area contributed by atoms with Gasteiger partial charge in [0.2, 0.25) is 0 Å². The second-order valence-electron chi connectivity index (χ2n) is 8.22. The Kier molecular flexibility index (Phi) is 4.24. The van der Waals surface area contributed by atoms with Crippen LogP contribution in [0.25, 0.3) is 54.6 Å². The lowest BCUT2D eigenvalue weighted by atomic mass is 9.88. The Morgan fingerprint density at radius 1 is 0.364 bits per heavy atom. The number of fused-ring (bicyclic) bond motifs is 3. The minimum atomic E-state index is 0.153. The first-order valence-electron chi connectivity index (χ1n) is 10.8. The second kappa shape index (κ2) is 7.28. The molecule has 0 heterocycles. The molecule has 0 aliphatic rings. The standard InChI is InChI=1S/C30H20O3/c31-26-17-15-21(20-8-3-4-9-23(20)26)22-13-14-25(30-24(22)10-5-11-27(30)32)29-19-7-2-1-6-18(19)12-16-28(29)33/h1-17,31-33H. The Labute approximate surface area is 190 Å². The summed E-state index contributed by atoms with van der Waals surface area (Å²) in [4.78, 5) is 0. The smallest absolute Gasteiger partial charge is 0.124 e. The molecule has 3 heteroatoms. The summed E-state index contributed by atoms with van der Waals surface area (Å²) in [6.07, 6.45) is 0. The predicted molar refractivity (Wildman–Crippen MR) is 135 cm³/mol. The van der Waals surface area contributed by atoms with Gasteiger partial charge >= 0.3 is 0 Å². The molecule has 6 rings (SSSR count). The van der Waals surface area contributed by atoms with Crippen LogP contribution in [0, 0.1) is 0 Å². The molecule has 3 N–H and O–H groups in total. The van der Waals surface area contributed by atoms with Gasteiger partial charge in [0.1, 0.15) is 17.2 Å². The first-order valence-corrected chi connectivity index (χ1v) is 10.8. The number of rotatable bonds is 2. The molecule has 33 heavy (non-hydrogen) atoms. The zero-order valence-electron chi connectivity index (χ0n) is 17.7. The first kappa shape index (κ1) is 19.2.